The number of carbonyl (C=O) groups excluding carboxylic acids is 2. The van der Waals surface area contributed by atoms with Crippen LogP contribution < -0.4 is 4.90 Å². The SMILES string of the molecule is O=C1C(=O)N(Cc2cnoc2)c2cc(Br)ccc21. The van der Waals surface area contributed by atoms with E-state index < -0.39 is 11.7 Å². The summed E-state index contributed by atoms with van der Waals surface area (Å²) < 4.78 is 5.53. The number of anilines is 1. The normalized spacial score (nSPS) is 14.2. The number of Topliss-reactive ketones (excluding diaryl/α,β-unsaturated/α-hetero) is 1. The largest absolute Gasteiger partial charge is 0.364 e. The fourth-order valence-electron chi connectivity index (χ4n) is 1.91. The monoisotopic (exact) mass is 306 g/mol. The highest BCUT2D eigenvalue weighted by Crippen LogP contribution is 2.32. The number of benzene rings is 1. The van der Waals surface area contributed by atoms with E-state index in [4.69, 9.17) is 4.52 Å². The number of rotatable bonds is 2. The molecule has 0 bridgehead atoms. The van der Waals surface area contributed by atoms with Crippen LogP contribution >= 0.6 is 15.9 Å². The van der Waals surface area contributed by atoms with E-state index in [-0.39, 0.29) is 6.54 Å². The summed E-state index contributed by atoms with van der Waals surface area (Å²) in [6.07, 6.45) is 2.97. The van der Waals surface area contributed by atoms with Gasteiger partial charge in [0, 0.05) is 10.0 Å². The summed E-state index contributed by atoms with van der Waals surface area (Å²) in [6, 6.07) is 5.14. The second-order valence-electron chi connectivity index (χ2n) is 3.91. The lowest BCUT2D eigenvalue weighted by Crippen LogP contribution is -2.28. The smallest absolute Gasteiger partial charge is 0.299 e. The Bertz CT molecular complexity index is 637. The van der Waals surface area contributed by atoms with Gasteiger partial charge in [-0.1, -0.05) is 21.1 Å². The van der Waals surface area contributed by atoms with Gasteiger partial charge in [-0.2, -0.15) is 0 Å². The summed E-state index contributed by atoms with van der Waals surface area (Å²) in [5.74, 6) is -1.00. The first kappa shape index (κ1) is 11.2. The Morgan fingerprint density at radius 1 is 1.33 bits per heavy atom. The maximum absolute atomic E-state index is 11.9. The maximum atomic E-state index is 11.9. The van der Waals surface area contributed by atoms with E-state index in [9.17, 15) is 9.59 Å². The van der Waals surface area contributed by atoms with Crippen LogP contribution in [0.5, 0.6) is 0 Å². The first-order valence-electron chi connectivity index (χ1n) is 5.21. The highest BCUT2D eigenvalue weighted by atomic mass is 79.9. The van der Waals surface area contributed by atoms with Crippen molar-refractivity contribution in [3.63, 3.8) is 0 Å². The zero-order valence-corrected chi connectivity index (χ0v) is 10.7. The van der Waals surface area contributed by atoms with Crippen LogP contribution in [0.25, 0.3) is 0 Å². The maximum Gasteiger partial charge on any atom is 0.299 e. The van der Waals surface area contributed by atoms with Crippen LogP contribution in [0.2, 0.25) is 0 Å². The molecule has 1 aromatic carbocycles. The molecule has 2 aromatic rings. The molecule has 2 heterocycles. The molecule has 1 aliphatic rings. The first-order valence-corrected chi connectivity index (χ1v) is 6.00. The topological polar surface area (TPSA) is 63.4 Å². The van der Waals surface area contributed by atoms with E-state index in [1.54, 1.807) is 18.2 Å². The summed E-state index contributed by atoms with van der Waals surface area (Å²) in [6.45, 7) is 0.275. The third-order valence-electron chi connectivity index (χ3n) is 2.76. The van der Waals surface area contributed by atoms with Gasteiger partial charge in [-0.3, -0.25) is 9.59 Å². The molecule has 0 fully saturated rings. The fraction of sp³-hybridized carbons (Fsp3) is 0.0833. The van der Waals surface area contributed by atoms with Gasteiger partial charge < -0.3 is 9.42 Å². The van der Waals surface area contributed by atoms with Crippen molar-refractivity contribution in [3.05, 3.63) is 46.3 Å². The molecular weight excluding hydrogens is 300 g/mol. The average Bonchev–Trinajstić information content (AvgIpc) is 2.93. The van der Waals surface area contributed by atoms with Crippen molar-refractivity contribution in [2.45, 2.75) is 6.54 Å². The molecule has 0 aliphatic carbocycles. The molecule has 18 heavy (non-hydrogen) atoms. The van der Waals surface area contributed by atoms with Gasteiger partial charge in [0.2, 0.25) is 0 Å². The molecule has 6 heteroatoms. The summed E-state index contributed by atoms with van der Waals surface area (Å²) in [5, 5.41) is 3.57. The highest BCUT2D eigenvalue weighted by Gasteiger charge is 2.35. The van der Waals surface area contributed by atoms with E-state index >= 15 is 0 Å². The average molecular weight is 307 g/mol. The van der Waals surface area contributed by atoms with Crippen molar-refractivity contribution in [2.75, 3.05) is 4.90 Å². The van der Waals surface area contributed by atoms with Gasteiger partial charge in [0.1, 0.15) is 6.26 Å². The van der Waals surface area contributed by atoms with E-state index in [0.29, 0.717) is 11.3 Å². The predicted octanol–water partition coefficient (Wildman–Crippen LogP) is 2.17. The van der Waals surface area contributed by atoms with Crippen molar-refractivity contribution in [1.82, 2.24) is 5.16 Å². The molecule has 0 N–H and O–H groups in total. The third kappa shape index (κ3) is 1.65. The number of ketones is 1. The number of hydrogen-bond donors (Lipinski definition) is 0. The zero-order chi connectivity index (χ0) is 12.7. The summed E-state index contributed by atoms with van der Waals surface area (Å²) in [7, 11) is 0. The van der Waals surface area contributed by atoms with Gasteiger partial charge in [-0.25, -0.2) is 0 Å². The Hall–Kier alpha value is -1.95. The molecule has 0 spiro atoms. The molecule has 0 unspecified atom stereocenters. The Labute approximate surface area is 110 Å². The molecule has 0 saturated carbocycles. The lowest BCUT2D eigenvalue weighted by Gasteiger charge is -2.15. The van der Waals surface area contributed by atoms with Crippen LogP contribution in [-0.2, 0) is 11.3 Å². The zero-order valence-electron chi connectivity index (χ0n) is 9.09. The number of nitrogens with zero attached hydrogens (tertiary/aromatic N) is 2. The van der Waals surface area contributed by atoms with Crippen molar-refractivity contribution in [1.29, 1.82) is 0 Å². The van der Waals surface area contributed by atoms with Crippen LogP contribution in [0.4, 0.5) is 5.69 Å². The number of aromatic nitrogens is 1. The molecular formula is C12H7BrN2O3. The van der Waals surface area contributed by atoms with Crippen molar-refractivity contribution < 1.29 is 14.1 Å². The number of fused-ring (bicyclic) bond motifs is 1. The molecule has 3 rings (SSSR count). The standard InChI is InChI=1S/C12H7BrN2O3/c13-8-1-2-9-10(3-8)15(12(17)11(9)16)5-7-4-14-18-6-7/h1-4,6H,5H2. The molecule has 0 radical (unpaired) electrons. The summed E-state index contributed by atoms with van der Waals surface area (Å²) in [5.41, 5.74) is 1.78. The molecule has 1 amide bonds. The minimum absolute atomic E-state index is 0.275. The van der Waals surface area contributed by atoms with Crippen molar-refractivity contribution in [2.24, 2.45) is 0 Å². The Morgan fingerprint density at radius 3 is 2.89 bits per heavy atom. The van der Waals surface area contributed by atoms with Gasteiger partial charge >= 0.3 is 0 Å². The van der Waals surface area contributed by atoms with Crippen LogP contribution in [0.1, 0.15) is 15.9 Å². The molecule has 1 aliphatic heterocycles. The van der Waals surface area contributed by atoms with Gasteiger partial charge in [0.25, 0.3) is 11.7 Å². The minimum Gasteiger partial charge on any atom is -0.364 e. The molecule has 5 nitrogen and oxygen atoms in total. The van der Waals surface area contributed by atoms with Crippen molar-refractivity contribution >= 4 is 33.3 Å². The van der Waals surface area contributed by atoms with Gasteiger partial charge in [-0.15, -0.1) is 0 Å². The highest BCUT2D eigenvalue weighted by molar-refractivity contribution is 9.10. The lowest BCUT2D eigenvalue weighted by molar-refractivity contribution is -0.114. The van der Waals surface area contributed by atoms with E-state index in [1.807, 2.05) is 0 Å². The second-order valence-corrected chi connectivity index (χ2v) is 4.83. The number of halogens is 1. The Kier molecular flexibility index (Phi) is 2.52. The number of hydrogen-bond acceptors (Lipinski definition) is 4. The lowest BCUT2D eigenvalue weighted by atomic mass is 10.1. The number of amides is 1. The molecule has 90 valence electrons. The van der Waals surface area contributed by atoms with E-state index in [2.05, 4.69) is 21.1 Å². The second kappa shape index (κ2) is 4.06. The fourth-order valence-corrected chi connectivity index (χ4v) is 2.26. The van der Waals surface area contributed by atoms with Gasteiger partial charge in [0.15, 0.2) is 0 Å². The summed E-state index contributed by atoms with van der Waals surface area (Å²) >= 11 is 3.33. The van der Waals surface area contributed by atoms with Crippen LogP contribution in [0.15, 0.2) is 39.7 Å². The Balaban J connectivity index is 2.03. The van der Waals surface area contributed by atoms with Crippen LogP contribution in [0, 0.1) is 0 Å². The summed E-state index contributed by atoms with van der Waals surface area (Å²) in [4.78, 5) is 25.1. The Morgan fingerprint density at radius 2 is 2.17 bits per heavy atom. The predicted molar refractivity (Wildman–Crippen MR) is 66.2 cm³/mol. The van der Waals surface area contributed by atoms with Crippen LogP contribution in [0.3, 0.4) is 0 Å². The van der Waals surface area contributed by atoms with Crippen molar-refractivity contribution in [3.8, 4) is 0 Å². The quantitative estimate of drug-likeness (QED) is 0.798. The number of carbonyl (C=O) groups is 2. The molecule has 0 saturated heterocycles. The minimum atomic E-state index is -0.524. The van der Waals surface area contributed by atoms with Crippen LogP contribution in [-0.4, -0.2) is 16.8 Å². The molecule has 0 atom stereocenters. The van der Waals surface area contributed by atoms with E-state index in [0.717, 1.165) is 10.0 Å². The van der Waals surface area contributed by atoms with E-state index in [1.165, 1.54) is 17.4 Å². The van der Waals surface area contributed by atoms with Gasteiger partial charge in [0.05, 0.1) is 24.0 Å². The first-order chi connectivity index (χ1) is 8.66. The molecule has 1 aromatic heterocycles. The van der Waals surface area contributed by atoms with Gasteiger partial charge in [-0.05, 0) is 18.2 Å². The third-order valence-corrected chi connectivity index (χ3v) is 3.25.